The van der Waals surface area contributed by atoms with E-state index in [-0.39, 0.29) is 12.3 Å². The molecule has 1 amide bonds. The lowest BCUT2D eigenvalue weighted by Gasteiger charge is -2.34. The van der Waals surface area contributed by atoms with Crippen LogP contribution >= 0.6 is 0 Å². The normalized spacial score (nSPS) is 15.0. The van der Waals surface area contributed by atoms with Crippen molar-refractivity contribution in [3.63, 3.8) is 0 Å². The van der Waals surface area contributed by atoms with Gasteiger partial charge in [-0.25, -0.2) is 9.97 Å². The average molecular weight is 292 g/mol. The van der Waals surface area contributed by atoms with Crippen molar-refractivity contribution in [2.45, 2.75) is 25.7 Å². The van der Waals surface area contributed by atoms with Gasteiger partial charge in [-0.2, -0.15) is 0 Å². The summed E-state index contributed by atoms with van der Waals surface area (Å²) in [6.45, 7) is 2.78. The molecule has 7 heteroatoms. The molecule has 0 saturated carbocycles. The van der Waals surface area contributed by atoms with Crippen LogP contribution in [-0.2, 0) is 9.59 Å². The first-order valence-electron chi connectivity index (χ1n) is 7.18. The van der Waals surface area contributed by atoms with Crippen molar-refractivity contribution in [1.29, 1.82) is 0 Å². The van der Waals surface area contributed by atoms with E-state index >= 15 is 0 Å². The van der Waals surface area contributed by atoms with Gasteiger partial charge in [0.15, 0.2) is 0 Å². The number of hydrogen-bond acceptors (Lipinski definition) is 5. The Kier molecular flexibility index (Phi) is 5.48. The molecule has 0 spiro atoms. The number of rotatable bonds is 6. The van der Waals surface area contributed by atoms with E-state index in [2.05, 4.69) is 14.9 Å². The third-order valence-electron chi connectivity index (χ3n) is 3.50. The number of nitrogens with zero attached hydrogens (tertiary/aromatic N) is 4. The molecular weight excluding hydrogens is 272 g/mol. The van der Waals surface area contributed by atoms with E-state index in [0.717, 1.165) is 13.1 Å². The number of carbonyl (C=O) groups excluding carboxylic acids is 1. The highest BCUT2D eigenvalue weighted by Gasteiger charge is 2.21. The van der Waals surface area contributed by atoms with E-state index in [1.165, 1.54) is 0 Å². The molecule has 0 atom stereocenters. The third-order valence-corrected chi connectivity index (χ3v) is 3.50. The molecule has 1 aliphatic rings. The Morgan fingerprint density at radius 3 is 2.29 bits per heavy atom. The number of piperazine rings is 1. The number of anilines is 1. The fourth-order valence-corrected chi connectivity index (χ4v) is 2.32. The molecule has 1 aliphatic heterocycles. The number of carboxylic acids is 1. The molecule has 1 saturated heterocycles. The topological polar surface area (TPSA) is 86.6 Å². The second-order valence-corrected chi connectivity index (χ2v) is 5.02. The van der Waals surface area contributed by atoms with Crippen LogP contribution in [0.15, 0.2) is 18.5 Å². The fraction of sp³-hybridized carbons (Fsp3) is 0.571. The number of unbranched alkanes of at least 4 members (excludes halogenated alkanes) is 1. The summed E-state index contributed by atoms with van der Waals surface area (Å²) in [5.41, 5.74) is 0. The second-order valence-electron chi connectivity index (χ2n) is 5.02. The van der Waals surface area contributed by atoms with E-state index in [1.807, 2.05) is 4.90 Å². The molecule has 0 aliphatic carbocycles. The Morgan fingerprint density at radius 1 is 1.05 bits per heavy atom. The monoisotopic (exact) mass is 292 g/mol. The van der Waals surface area contributed by atoms with Crippen molar-refractivity contribution in [1.82, 2.24) is 14.9 Å². The number of aliphatic carboxylic acids is 1. The summed E-state index contributed by atoms with van der Waals surface area (Å²) in [6, 6.07) is 1.78. The number of carboxylic acid groups (broad SMARTS) is 1. The number of hydrogen-bond donors (Lipinski definition) is 1. The lowest BCUT2D eigenvalue weighted by molar-refractivity contribution is -0.137. The van der Waals surface area contributed by atoms with Crippen molar-refractivity contribution in [2.24, 2.45) is 0 Å². The predicted molar refractivity (Wildman–Crippen MR) is 76.9 cm³/mol. The zero-order valence-corrected chi connectivity index (χ0v) is 11.9. The molecule has 1 aromatic rings. The Hall–Kier alpha value is -2.18. The first-order chi connectivity index (χ1) is 10.2. The van der Waals surface area contributed by atoms with Crippen LogP contribution in [0.5, 0.6) is 0 Å². The van der Waals surface area contributed by atoms with Gasteiger partial charge in [-0.3, -0.25) is 9.59 Å². The zero-order chi connectivity index (χ0) is 15.1. The molecule has 21 heavy (non-hydrogen) atoms. The highest BCUT2D eigenvalue weighted by Crippen LogP contribution is 2.11. The molecular formula is C14H20N4O3. The minimum Gasteiger partial charge on any atom is -0.481 e. The van der Waals surface area contributed by atoms with E-state index in [4.69, 9.17) is 5.11 Å². The summed E-state index contributed by atoms with van der Waals surface area (Å²) in [4.78, 5) is 34.7. The Bertz CT molecular complexity index is 472. The smallest absolute Gasteiger partial charge is 0.303 e. The van der Waals surface area contributed by atoms with E-state index in [1.54, 1.807) is 18.5 Å². The van der Waals surface area contributed by atoms with Gasteiger partial charge in [0.2, 0.25) is 11.9 Å². The maximum Gasteiger partial charge on any atom is 0.303 e. The Balaban J connectivity index is 1.71. The van der Waals surface area contributed by atoms with E-state index in [9.17, 15) is 9.59 Å². The summed E-state index contributed by atoms with van der Waals surface area (Å²) in [7, 11) is 0. The number of carbonyl (C=O) groups is 2. The third kappa shape index (κ3) is 4.70. The van der Waals surface area contributed by atoms with Gasteiger partial charge in [-0.1, -0.05) is 0 Å². The fourth-order valence-electron chi connectivity index (χ4n) is 2.32. The molecule has 0 unspecified atom stereocenters. The van der Waals surface area contributed by atoms with Gasteiger partial charge >= 0.3 is 5.97 Å². The maximum atomic E-state index is 12.0. The quantitative estimate of drug-likeness (QED) is 0.779. The van der Waals surface area contributed by atoms with Gasteiger partial charge in [0, 0.05) is 51.4 Å². The van der Waals surface area contributed by atoms with Crippen molar-refractivity contribution >= 4 is 17.8 Å². The van der Waals surface area contributed by atoms with E-state index in [0.29, 0.717) is 38.3 Å². The molecule has 2 rings (SSSR count). The van der Waals surface area contributed by atoms with Crippen LogP contribution in [0.4, 0.5) is 5.95 Å². The number of aromatic nitrogens is 2. The molecule has 0 aromatic carbocycles. The summed E-state index contributed by atoms with van der Waals surface area (Å²) in [5.74, 6) is -0.000926. The van der Waals surface area contributed by atoms with Crippen molar-refractivity contribution in [3.8, 4) is 0 Å². The molecule has 1 N–H and O–H groups in total. The van der Waals surface area contributed by atoms with Gasteiger partial charge in [-0.05, 0) is 18.9 Å². The van der Waals surface area contributed by atoms with Gasteiger partial charge in [0.1, 0.15) is 0 Å². The van der Waals surface area contributed by atoms with Crippen molar-refractivity contribution in [3.05, 3.63) is 18.5 Å². The summed E-state index contributed by atoms with van der Waals surface area (Å²) >= 11 is 0. The highest BCUT2D eigenvalue weighted by atomic mass is 16.4. The molecule has 7 nitrogen and oxygen atoms in total. The first-order valence-corrected chi connectivity index (χ1v) is 7.18. The Labute approximate surface area is 123 Å². The van der Waals surface area contributed by atoms with Crippen LogP contribution in [0.3, 0.4) is 0 Å². The number of amides is 1. The zero-order valence-electron chi connectivity index (χ0n) is 11.9. The maximum absolute atomic E-state index is 12.0. The van der Waals surface area contributed by atoms with Crippen LogP contribution in [0.25, 0.3) is 0 Å². The average Bonchev–Trinajstić information content (AvgIpc) is 2.52. The van der Waals surface area contributed by atoms with Gasteiger partial charge < -0.3 is 14.9 Å². The molecule has 114 valence electrons. The molecule has 0 radical (unpaired) electrons. The second kappa shape index (κ2) is 7.56. The van der Waals surface area contributed by atoms with Crippen molar-refractivity contribution in [2.75, 3.05) is 31.1 Å². The predicted octanol–water partition coefficient (Wildman–Crippen LogP) is 0.770. The lowest BCUT2D eigenvalue weighted by atomic mass is 10.1. The largest absolute Gasteiger partial charge is 0.481 e. The summed E-state index contributed by atoms with van der Waals surface area (Å²) in [5, 5.41) is 8.55. The van der Waals surface area contributed by atoms with Crippen LogP contribution in [0, 0.1) is 0 Å². The standard InChI is InChI=1S/C14H20N4O3/c19-12(4-1-2-5-13(20)21)17-8-10-18(11-9-17)14-15-6-3-7-16-14/h3,6-7H,1-2,4-5,8-11H2,(H,20,21). The molecule has 0 bridgehead atoms. The minimum absolute atomic E-state index is 0.106. The van der Waals surface area contributed by atoms with Crippen LogP contribution in [0.1, 0.15) is 25.7 Å². The SMILES string of the molecule is O=C(O)CCCCC(=O)N1CCN(c2ncccn2)CC1. The molecule has 1 aromatic heterocycles. The van der Waals surface area contributed by atoms with Crippen molar-refractivity contribution < 1.29 is 14.7 Å². The lowest BCUT2D eigenvalue weighted by Crippen LogP contribution is -2.49. The van der Waals surface area contributed by atoms with Gasteiger partial charge in [-0.15, -0.1) is 0 Å². The Morgan fingerprint density at radius 2 is 1.67 bits per heavy atom. The van der Waals surface area contributed by atoms with Crippen LogP contribution in [0.2, 0.25) is 0 Å². The summed E-state index contributed by atoms with van der Waals surface area (Å²) in [6.07, 6.45) is 5.16. The van der Waals surface area contributed by atoms with Crippen LogP contribution in [-0.4, -0.2) is 58.0 Å². The van der Waals surface area contributed by atoms with Crippen LogP contribution < -0.4 is 4.90 Å². The van der Waals surface area contributed by atoms with Gasteiger partial charge in [0.05, 0.1) is 0 Å². The summed E-state index contributed by atoms with van der Waals surface area (Å²) < 4.78 is 0. The van der Waals surface area contributed by atoms with Gasteiger partial charge in [0.25, 0.3) is 0 Å². The van der Waals surface area contributed by atoms with E-state index < -0.39 is 5.97 Å². The highest BCUT2D eigenvalue weighted by molar-refractivity contribution is 5.76. The minimum atomic E-state index is -0.807. The molecule has 2 heterocycles. The molecule has 1 fully saturated rings. The first kappa shape index (κ1) is 15.2.